The Morgan fingerprint density at radius 1 is 1.16 bits per heavy atom. The van der Waals surface area contributed by atoms with Crippen LogP contribution in [0.2, 0.25) is 0 Å². The van der Waals surface area contributed by atoms with Crippen LogP contribution in [0.25, 0.3) is 0 Å². The van der Waals surface area contributed by atoms with Crippen LogP contribution in [0.15, 0.2) is 0 Å². The van der Waals surface area contributed by atoms with Gasteiger partial charge in [-0.05, 0) is 43.9 Å². The number of hydrogen-bond acceptors (Lipinski definition) is 3. The highest BCUT2D eigenvalue weighted by atomic mass is 16.5. The van der Waals surface area contributed by atoms with Gasteiger partial charge in [0.05, 0.1) is 6.61 Å². The highest BCUT2D eigenvalue weighted by Crippen LogP contribution is 2.43. The third kappa shape index (κ3) is 3.71. The van der Waals surface area contributed by atoms with E-state index >= 15 is 0 Å². The summed E-state index contributed by atoms with van der Waals surface area (Å²) in [5.74, 6) is 0. The number of methoxy groups -OCH3 is 1. The lowest BCUT2D eigenvalue weighted by Gasteiger charge is -2.44. The Balaban J connectivity index is 2.09. The predicted molar refractivity (Wildman–Crippen MR) is 80.3 cm³/mol. The molecule has 0 saturated heterocycles. The summed E-state index contributed by atoms with van der Waals surface area (Å²) in [5.41, 5.74) is 6.99. The molecule has 0 heterocycles. The Kier molecular flexibility index (Phi) is 4.91. The van der Waals surface area contributed by atoms with E-state index in [4.69, 9.17) is 10.5 Å². The third-order valence-corrected chi connectivity index (χ3v) is 5.28. The van der Waals surface area contributed by atoms with E-state index in [2.05, 4.69) is 18.7 Å². The molecule has 2 saturated carbocycles. The highest BCUT2D eigenvalue weighted by Gasteiger charge is 2.44. The van der Waals surface area contributed by atoms with E-state index in [1.807, 2.05) is 0 Å². The molecule has 0 spiro atoms. The first-order valence-corrected chi connectivity index (χ1v) is 7.99. The minimum absolute atomic E-state index is 0.244. The van der Waals surface area contributed by atoms with Gasteiger partial charge in [-0.25, -0.2) is 0 Å². The van der Waals surface area contributed by atoms with Crippen molar-refractivity contribution in [3.63, 3.8) is 0 Å². The molecule has 2 fully saturated rings. The van der Waals surface area contributed by atoms with Crippen LogP contribution in [0.5, 0.6) is 0 Å². The van der Waals surface area contributed by atoms with Crippen LogP contribution in [0.4, 0.5) is 0 Å². The molecular weight excluding hydrogens is 236 g/mol. The molecule has 3 nitrogen and oxygen atoms in total. The average molecular weight is 268 g/mol. The van der Waals surface area contributed by atoms with Gasteiger partial charge < -0.3 is 10.5 Å². The second-order valence-corrected chi connectivity index (χ2v) is 7.36. The van der Waals surface area contributed by atoms with Crippen molar-refractivity contribution >= 4 is 0 Å². The molecule has 2 aliphatic carbocycles. The Morgan fingerprint density at radius 2 is 1.89 bits per heavy atom. The summed E-state index contributed by atoms with van der Waals surface area (Å²) in [7, 11) is 1.80. The van der Waals surface area contributed by atoms with Gasteiger partial charge in [-0.3, -0.25) is 4.90 Å². The van der Waals surface area contributed by atoms with Crippen molar-refractivity contribution in [2.45, 2.75) is 70.4 Å². The molecule has 1 atom stereocenters. The van der Waals surface area contributed by atoms with E-state index in [0.29, 0.717) is 5.41 Å². The fourth-order valence-electron chi connectivity index (χ4n) is 3.71. The standard InChI is InChI=1S/C16H32N2O/c1-15(2)7-4-8-16(13-17,10-9-15)18(11-12-19-3)14-5-6-14/h14H,4-13,17H2,1-3H3. The summed E-state index contributed by atoms with van der Waals surface area (Å²) < 4.78 is 5.32. The lowest BCUT2D eigenvalue weighted by molar-refractivity contribution is 0.0396. The minimum Gasteiger partial charge on any atom is -0.383 e. The van der Waals surface area contributed by atoms with Gasteiger partial charge >= 0.3 is 0 Å². The topological polar surface area (TPSA) is 38.5 Å². The predicted octanol–water partition coefficient (Wildman–Crippen LogP) is 2.79. The largest absolute Gasteiger partial charge is 0.383 e. The summed E-state index contributed by atoms with van der Waals surface area (Å²) in [6.07, 6.45) is 9.21. The zero-order valence-electron chi connectivity index (χ0n) is 13.1. The number of nitrogens with zero attached hydrogens (tertiary/aromatic N) is 1. The van der Waals surface area contributed by atoms with Crippen molar-refractivity contribution < 1.29 is 4.74 Å². The number of nitrogens with two attached hydrogens (primary N) is 1. The Morgan fingerprint density at radius 3 is 2.47 bits per heavy atom. The molecule has 2 aliphatic rings. The molecule has 19 heavy (non-hydrogen) atoms. The molecule has 2 N–H and O–H groups in total. The quantitative estimate of drug-likeness (QED) is 0.753. The summed E-state index contributed by atoms with van der Waals surface area (Å²) in [5, 5.41) is 0. The van der Waals surface area contributed by atoms with E-state index in [9.17, 15) is 0 Å². The van der Waals surface area contributed by atoms with Gasteiger partial charge in [0.2, 0.25) is 0 Å². The second kappa shape index (κ2) is 6.11. The van der Waals surface area contributed by atoms with Gasteiger partial charge in [0.1, 0.15) is 0 Å². The lowest BCUT2D eigenvalue weighted by Crippen LogP contribution is -2.55. The molecule has 0 amide bonds. The Labute approximate surface area is 118 Å². The molecule has 0 radical (unpaired) electrons. The van der Waals surface area contributed by atoms with Crippen LogP contribution in [0.3, 0.4) is 0 Å². The van der Waals surface area contributed by atoms with Crippen molar-refractivity contribution in [2.75, 3.05) is 26.8 Å². The number of hydrogen-bond donors (Lipinski definition) is 1. The molecule has 2 rings (SSSR count). The van der Waals surface area contributed by atoms with Crippen LogP contribution in [0.1, 0.15) is 58.8 Å². The minimum atomic E-state index is 0.244. The van der Waals surface area contributed by atoms with Gasteiger partial charge in [-0.15, -0.1) is 0 Å². The second-order valence-electron chi connectivity index (χ2n) is 7.36. The van der Waals surface area contributed by atoms with Gasteiger partial charge in [0.25, 0.3) is 0 Å². The average Bonchev–Trinajstić information content (AvgIpc) is 3.19. The number of ether oxygens (including phenoxy) is 1. The summed E-state index contributed by atoms with van der Waals surface area (Å²) >= 11 is 0. The molecule has 0 aromatic carbocycles. The maximum absolute atomic E-state index is 6.25. The highest BCUT2D eigenvalue weighted by molar-refractivity contribution is 5.01. The summed E-state index contributed by atoms with van der Waals surface area (Å²) in [6.45, 7) is 7.52. The molecule has 1 unspecified atom stereocenters. The van der Waals surface area contributed by atoms with Crippen LogP contribution in [0, 0.1) is 5.41 Å². The fourth-order valence-corrected chi connectivity index (χ4v) is 3.71. The summed E-state index contributed by atoms with van der Waals surface area (Å²) in [4.78, 5) is 2.71. The smallest absolute Gasteiger partial charge is 0.0590 e. The molecule has 0 aromatic heterocycles. The molecule has 0 bridgehead atoms. The normalized spacial score (nSPS) is 31.4. The van der Waals surface area contributed by atoms with Crippen molar-refractivity contribution in [1.82, 2.24) is 4.90 Å². The Hall–Kier alpha value is -0.120. The van der Waals surface area contributed by atoms with Crippen LogP contribution >= 0.6 is 0 Å². The van der Waals surface area contributed by atoms with Crippen molar-refractivity contribution in [3.05, 3.63) is 0 Å². The van der Waals surface area contributed by atoms with Gasteiger partial charge in [0.15, 0.2) is 0 Å². The Bertz CT molecular complexity index is 288. The molecule has 0 aromatic rings. The van der Waals surface area contributed by atoms with E-state index in [1.54, 1.807) is 7.11 Å². The zero-order chi connectivity index (χ0) is 13.9. The van der Waals surface area contributed by atoms with E-state index in [1.165, 1.54) is 44.9 Å². The third-order valence-electron chi connectivity index (χ3n) is 5.28. The summed E-state index contributed by atoms with van der Waals surface area (Å²) in [6, 6.07) is 0.778. The van der Waals surface area contributed by atoms with E-state index in [-0.39, 0.29) is 5.54 Å². The SMILES string of the molecule is COCCN(C1CC1)C1(CN)CCCC(C)(C)CC1. The zero-order valence-corrected chi connectivity index (χ0v) is 13.1. The molecule has 3 heteroatoms. The monoisotopic (exact) mass is 268 g/mol. The maximum Gasteiger partial charge on any atom is 0.0590 e. The maximum atomic E-state index is 6.25. The van der Waals surface area contributed by atoms with E-state index < -0.39 is 0 Å². The lowest BCUT2D eigenvalue weighted by atomic mass is 9.82. The molecular formula is C16H32N2O. The first kappa shape index (κ1) is 15.3. The molecule has 112 valence electrons. The van der Waals surface area contributed by atoms with E-state index in [0.717, 1.165) is 25.7 Å². The van der Waals surface area contributed by atoms with Crippen molar-refractivity contribution in [3.8, 4) is 0 Å². The van der Waals surface area contributed by atoms with Gasteiger partial charge in [0, 0.05) is 31.8 Å². The van der Waals surface area contributed by atoms with Crippen molar-refractivity contribution in [2.24, 2.45) is 11.1 Å². The van der Waals surface area contributed by atoms with Crippen LogP contribution in [-0.4, -0.2) is 43.3 Å². The van der Waals surface area contributed by atoms with Crippen LogP contribution < -0.4 is 5.73 Å². The van der Waals surface area contributed by atoms with Crippen LogP contribution in [-0.2, 0) is 4.74 Å². The van der Waals surface area contributed by atoms with Gasteiger partial charge in [-0.1, -0.05) is 20.3 Å². The number of rotatable bonds is 6. The first-order valence-electron chi connectivity index (χ1n) is 7.99. The first-order chi connectivity index (χ1) is 9.03. The fraction of sp³-hybridized carbons (Fsp3) is 1.00. The van der Waals surface area contributed by atoms with Crippen molar-refractivity contribution in [1.29, 1.82) is 0 Å². The molecule has 0 aliphatic heterocycles. The van der Waals surface area contributed by atoms with Gasteiger partial charge in [-0.2, -0.15) is 0 Å².